The molecule has 0 atom stereocenters. The van der Waals surface area contributed by atoms with Crippen molar-refractivity contribution in [3.8, 4) is 44.5 Å². The van der Waals surface area contributed by atoms with Gasteiger partial charge in [0.05, 0.1) is 0 Å². The van der Waals surface area contributed by atoms with Crippen molar-refractivity contribution in [3.05, 3.63) is 210 Å². The van der Waals surface area contributed by atoms with E-state index in [0.29, 0.717) is 0 Å². The summed E-state index contributed by atoms with van der Waals surface area (Å²) in [5.74, 6) is 0. The summed E-state index contributed by atoms with van der Waals surface area (Å²) in [4.78, 5) is 2.48. The number of rotatable bonds is 5. The number of hydrogen-bond donors (Lipinski definition) is 0. The monoisotopic (exact) mass is 785 g/mol. The summed E-state index contributed by atoms with van der Waals surface area (Å²) in [7, 11) is 0. The summed E-state index contributed by atoms with van der Waals surface area (Å²) < 4.78 is 2.67. The molecule has 0 radical (unpaired) electrons. The Morgan fingerprint density at radius 1 is 0.383 bits per heavy atom. The smallest absolute Gasteiger partial charge is 0.0465 e. The zero-order valence-corrected chi connectivity index (χ0v) is 35.1. The highest BCUT2D eigenvalue weighted by atomic mass is 32.1. The summed E-state index contributed by atoms with van der Waals surface area (Å²) in [5.41, 5.74) is 19.1. The van der Waals surface area contributed by atoms with Gasteiger partial charge in [-0.25, -0.2) is 0 Å². The molecule has 286 valence electrons. The van der Waals surface area contributed by atoms with E-state index >= 15 is 0 Å². The maximum atomic E-state index is 2.48. The molecule has 1 nitrogen and oxygen atoms in total. The lowest BCUT2D eigenvalue weighted by Crippen LogP contribution is -2.18. The number of nitrogens with zero attached hydrogens (tertiary/aromatic N) is 1. The van der Waals surface area contributed by atoms with Crippen LogP contribution in [0.3, 0.4) is 0 Å². The average Bonchev–Trinajstić information content (AvgIpc) is 3.87. The molecule has 0 saturated carbocycles. The molecule has 2 heteroatoms. The highest BCUT2D eigenvalue weighted by Crippen LogP contribution is 2.57. The van der Waals surface area contributed by atoms with Crippen LogP contribution < -0.4 is 4.90 Å². The summed E-state index contributed by atoms with van der Waals surface area (Å²) >= 11 is 1.89. The Morgan fingerprint density at radius 3 is 1.77 bits per heavy atom. The van der Waals surface area contributed by atoms with E-state index in [1.54, 1.807) is 0 Å². The Labute approximate surface area is 355 Å². The molecule has 0 unspecified atom stereocenters. The first-order valence-corrected chi connectivity index (χ1v) is 21.9. The zero-order valence-electron chi connectivity index (χ0n) is 34.3. The van der Waals surface area contributed by atoms with Crippen molar-refractivity contribution in [1.29, 1.82) is 0 Å². The molecule has 2 aliphatic rings. The van der Waals surface area contributed by atoms with Crippen molar-refractivity contribution in [2.75, 3.05) is 4.90 Å². The first kappa shape index (κ1) is 35.2. The van der Waals surface area contributed by atoms with Crippen molar-refractivity contribution in [2.24, 2.45) is 0 Å². The molecule has 1 heterocycles. The number of benzene rings is 9. The minimum absolute atomic E-state index is 0.114. The van der Waals surface area contributed by atoms with Gasteiger partial charge in [0.15, 0.2) is 0 Å². The van der Waals surface area contributed by atoms with Crippen molar-refractivity contribution in [1.82, 2.24) is 0 Å². The van der Waals surface area contributed by atoms with Gasteiger partial charge < -0.3 is 4.90 Å². The molecule has 0 fully saturated rings. The van der Waals surface area contributed by atoms with E-state index in [1.807, 2.05) is 11.3 Å². The maximum absolute atomic E-state index is 2.48. The van der Waals surface area contributed by atoms with Crippen LogP contribution in [0.1, 0.15) is 49.9 Å². The van der Waals surface area contributed by atoms with Crippen molar-refractivity contribution in [3.63, 3.8) is 0 Å². The Balaban J connectivity index is 1.04. The van der Waals surface area contributed by atoms with Crippen LogP contribution in [0.15, 0.2) is 188 Å². The summed E-state index contributed by atoms with van der Waals surface area (Å²) in [5, 5.41) is 5.27. The molecule has 0 N–H and O–H groups in total. The van der Waals surface area contributed by atoms with E-state index in [2.05, 4.69) is 221 Å². The van der Waals surface area contributed by atoms with Gasteiger partial charge in [0.25, 0.3) is 0 Å². The average molecular weight is 786 g/mol. The van der Waals surface area contributed by atoms with E-state index < -0.39 is 0 Å². The lowest BCUT2D eigenvalue weighted by atomic mass is 9.79. The maximum Gasteiger partial charge on any atom is 0.0465 e. The van der Waals surface area contributed by atoms with E-state index in [4.69, 9.17) is 0 Å². The molecule has 0 spiro atoms. The number of thiophene rings is 1. The van der Waals surface area contributed by atoms with Gasteiger partial charge in [0, 0.05) is 48.1 Å². The fraction of sp³-hybridized carbons (Fsp3) is 0.103. The fourth-order valence-electron chi connectivity index (χ4n) is 10.7. The first-order valence-electron chi connectivity index (χ1n) is 21.1. The van der Waals surface area contributed by atoms with Gasteiger partial charge in [-0.3, -0.25) is 0 Å². The summed E-state index contributed by atoms with van der Waals surface area (Å²) in [6.07, 6.45) is 0. The minimum Gasteiger partial charge on any atom is -0.310 e. The van der Waals surface area contributed by atoms with Gasteiger partial charge in [-0.2, -0.15) is 0 Å². The number of fused-ring (bicyclic) bond motifs is 11. The van der Waals surface area contributed by atoms with Crippen LogP contribution in [0.5, 0.6) is 0 Å². The topological polar surface area (TPSA) is 3.24 Å². The van der Waals surface area contributed by atoms with Gasteiger partial charge >= 0.3 is 0 Å². The zero-order chi connectivity index (χ0) is 40.3. The third-order valence-electron chi connectivity index (χ3n) is 13.6. The first-order chi connectivity index (χ1) is 29.3. The normalized spacial score (nSPS) is 14.3. The molecule has 2 aliphatic carbocycles. The fourth-order valence-corrected chi connectivity index (χ4v) is 11.9. The highest BCUT2D eigenvalue weighted by molar-refractivity contribution is 7.26. The SMILES string of the molecule is CC1(C)c2ccccc2-c2ccc(N(c3ccc(-c4cccc5c4sc4ccccc45)cc3)c3ccc4c(c3)C(C)(C)c3c-4c(-c4ccccc4)cc4ccccc34)cc21. The molecular formula is C58H43NS. The standard InChI is InChI=1S/C58H43NS/c1-57(2)50-23-12-10-19-44(50)45-31-29-40(34-51(45)57)59(39-27-25-37(26-28-39)43-21-14-22-47-46-20-11-13-24-53(46)60-56(43)47)41-30-32-48-52(35-41)58(3,4)55-42-18-9-8-17-38(42)33-49(54(48)55)36-15-6-5-7-16-36/h5-35H,1-4H3. The Morgan fingerprint density at radius 2 is 0.967 bits per heavy atom. The molecule has 0 amide bonds. The lowest BCUT2D eigenvalue weighted by Gasteiger charge is -2.30. The van der Waals surface area contributed by atoms with E-state index in [-0.39, 0.29) is 10.8 Å². The second-order valence-electron chi connectivity index (χ2n) is 17.7. The third kappa shape index (κ3) is 5.04. The van der Waals surface area contributed by atoms with Crippen LogP contribution in [-0.2, 0) is 10.8 Å². The van der Waals surface area contributed by atoms with Crippen LogP contribution in [-0.4, -0.2) is 0 Å². The minimum atomic E-state index is -0.231. The van der Waals surface area contributed by atoms with E-state index in [9.17, 15) is 0 Å². The van der Waals surface area contributed by atoms with Crippen molar-refractivity contribution >= 4 is 59.3 Å². The predicted molar refractivity (Wildman–Crippen MR) is 258 cm³/mol. The molecule has 0 bridgehead atoms. The van der Waals surface area contributed by atoms with Gasteiger partial charge in [0.2, 0.25) is 0 Å². The van der Waals surface area contributed by atoms with Crippen molar-refractivity contribution < 1.29 is 0 Å². The quantitative estimate of drug-likeness (QED) is 0.168. The second-order valence-corrected chi connectivity index (χ2v) is 18.7. The van der Waals surface area contributed by atoms with Crippen LogP contribution in [0, 0.1) is 0 Å². The van der Waals surface area contributed by atoms with Gasteiger partial charge in [-0.05, 0) is 126 Å². The summed E-state index contributed by atoms with van der Waals surface area (Å²) in [6.45, 7) is 9.59. The number of hydrogen-bond acceptors (Lipinski definition) is 2. The predicted octanol–water partition coefficient (Wildman–Crippen LogP) is 16.6. The molecule has 9 aromatic carbocycles. The molecule has 0 aliphatic heterocycles. The summed E-state index contributed by atoms with van der Waals surface area (Å²) in [6, 6.07) is 70.4. The van der Waals surface area contributed by atoms with Crippen LogP contribution >= 0.6 is 11.3 Å². The Kier molecular flexibility index (Phi) is 7.56. The molecule has 60 heavy (non-hydrogen) atoms. The molecule has 1 aromatic heterocycles. The van der Waals surface area contributed by atoms with Gasteiger partial charge in [0.1, 0.15) is 0 Å². The number of anilines is 3. The molecule has 0 saturated heterocycles. The molecule has 10 aromatic rings. The second kappa shape index (κ2) is 12.9. The van der Waals surface area contributed by atoms with Gasteiger partial charge in [-0.1, -0.05) is 167 Å². The van der Waals surface area contributed by atoms with Crippen LogP contribution in [0.25, 0.3) is 75.5 Å². The van der Waals surface area contributed by atoms with E-state index in [0.717, 1.165) is 17.1 Å². The van der Waals surface area contributed by atoms with E-state index in [1.165, 1.54) is 97.7 Å². The third-order valence-corrected chi connectivity index (χ3v) is 14.8. The largest absolute Gasteiger partial charge is 0.310 e. The van der Waals surface area contributed by atoms with Crippen LogP contribution in [0.4, 0.5) is 17.1 Å². The lowest BCUT2D eigenvalue weighted by molar-refractivity contribution is 0.660. The Bertz CT molecular complexity index is 3370. The van der Waals surface area contributed by atoms with Gasteiger partial charge in [-0.15, -0.1) is 11.3 Å². The van der Waals surface area contributed by atoms with Crippen LogP contribution in [0.2, 0.25) is 0 Å². The highest BCUT2D eigenvalue weighted by Gasteiger charge is 2.40. The molecular weight excluding hydrogens is 743 g/mol. The van der Waals surface area contributed by atoms with Crippen molar-refractivity contribution in [2.45, 2.75) is 38.5 Å². The molecule has 12 rings (SSSR count). The Hall–Kier alpha value is -6.74.